The number of aromatic nitrogens is 2. The molecule has 116 valence electrons. The first-order chi connectivity index (χ1) is 10.9. The third-order valence-electron chi connectivity index (χ3n) is 3.40. The average Bonchev–Trinajstić information content (AvgIpc) is 2.61. The van der Waals surface area contributed by atoms with Crippen molar-refractivity contribution in [2.45, 2.75) is 5.03 Å². The lowest BCUT2D eigenvalue weighted by atomic mass is 10.3. The molecule has 1 aromatic heterocycles. The SMILES string of the molecule is c1ccc(OCCSc2nccnc2N2CCNCC2)cc1. The van der Waals surface area contributed by atoms with Crippen molar-refractivity contribution in [3.8, 4) is 5.75 Å². The molecule has 1 fully saturated rings. The highest BCUT2D eigenvalue weighted by molar-refractivity contribution is 7.99. The van der Waals surface area contributed by atoms with Gasteiger partial charge in [0.2, 0.25) is 0 Å². The maximum Gasteiger partial charge on any atom is 0.161 e. The second-order valence-corrected chi connectivity index (χ2v) is 6.02. The summed E-state index contributed by atoms with van der Waals surface area (Å²) >= 11 is 1.70. The van der Waals surface area contributed by atoms with Gasteiger partial charge < -0.3 is 15.0 Å². The minimum Gasteiger partial charge on any atom is -0.493 e. The number of anilines is 1. The topological polar surface area (TPSA) is 50.3 Å². The highest BCUT2D eigenvalue weighted by Crippen LogP contribution is 2.25. The predicted molar refractivity (Wildman–Crippen MR) is 89.8 cm³/mol. The van der Waals surface area contributed by atoms with Crippen LogP contribution in [0.3, 0.4) is 0 Å². The average molecular weight is 316 g/mol. The third-order valence-corrected chi connectivity index (χ3v) is 4.33. The number of ether oxygens (including phenoxy) is 1. The molecule has 0 aliphatic carbocycles. The first-order valence-corrected chi connectivity index (χ1v) is 8.49. The second-order valence-electron chi connectivity index (χ2n) is 4.93. The van der Waals surface area contributed by atoms with E-state index in [2.05, 4.69) is 20.2 Å². The Morgan fingerprint density at radius 3 is 2.68 bits per heavy atom. The lowest BCUT2D eigenvalue weighted by molar-refractivity contribution is 0.344. The Kier molecular flexibility index (Phi) is 5.50. The van der Waals surface area contributed by atoms with Crippen molar-refractivity contribution in [2.24, 2.45) is 0 Å². The van der Waals surface area contributed by atoms with Gasteiger partial charge >= 0.3 is 0 Å². The molecule has 1 aliphatic heterocycles. The number of nitrogens with zero attached hydrogens (tertiary/aromatic N) is 3. The predicted octanol–water partition coefficient (Wildman–Crippen LogP) is 2.06. The van der Waals surface area contributed by atoms with E-state index >= 15 is 0 Å². The van der Waals surface area contributed by atoms with Crippen LogP contribution in [0, 0.1) is 0 Å². The Morgan fingerprint density at radius 1 is 1.09 bits per heavy atom. The fourth-order valence-electron chi connectivity index (χ4n) is 2.33. The number of para-hydroxylation sites is 1. The van der Waals surface area contributed by atoms with E-state index in [4.69, 9.17) is 4.74 Å². The van der Waals surface area contributed by atoms with Crippen molar-refractivity contribution >= 4 is 17.6 Å². The summed E-state index contributed by atoms with van der Waals surface area (Å²) in [5.41, 5.74) is 0. The fourth-order valence-corrected chi connectivity index (χ4v) is 3.13. The van der Waals surface area contributed by atoms with Crippen LogP contribution in [0.15, 0.2) is 47.8 Å². The molecule has 1 aromatic carbocycles. The van der Waals surface area contributed by atoms with Crippen LogP contribution >= 0.6 is 11.8 Å². The van der Waals surface area contributed by atoms with Crippen molar-refractivity contribution < 1.29 is 4.74 Å². The van der Waals surface area contributed by atoms with Crippen LogP contribution in [0.1, 0.15) is 0 Å². The standard InChI is InChI=1S/C16H20N4OS/c1-2-4-14(5-3-1)21-12-13-22-16-15(18-6-7-19-16)20-10-8-17-9-11-20/h1-7,17H,8-13H2. The van der Waals surface area contributed by atoms with Crippen molar-refractivity contribution in [3.63, 3.8) is 0 Å². The Morgan fingerprint density at radius 2 is 1.86 bits per heavy atom. The van der Waals surface area contributed by atoms with Crippen LogP contribution in [0.5, 0.6) is 5.75 Å². The first kappa shape index (κ1) is 15.1. The van der Waals surface area contributed by atoms with Gasteiger partial charge in [0.1, 0.15) is 10.8 Å². The summed E-state index contributed by atoms with van der Waals surface area (Å²) < 4.78 is 5.72. The summed E-state index contributed by atoms with van der Waals surface area (Å²) in [4.78, 5) is 11.3. The van der Waals surface area contributed by atoms with Crippen LogP contribution in [0.25, 0.3) is 0 Å². The molecule has 1 aliphatic rings. The van der Waals surface area contributed by atoms with E-state index in [-0.39, 0.29) is 0 Å². The van der Waals surface area contributed by atoms with Gasteiger partial charge in [-0.3, -0.25) is 0 Å². The van der Waals surface area contributed by atoms with Gasteiger partial charge in [0, 0.05) is 44.3 Å². The van der Waals surface area contributed by atoms with Crippen molar-refractivity contribution in [2.75, 3.05) is 43.4 Å². The number of nitrogens with one attached hydrogen (secondary N) is 1. The molecule has 6 heteroatoms. The molecule has 1 N–H and O–H groups in total. The molecule has 0 saturated carbocycles. The van der Waals surface area contributed by atoms with Crippen molar-refractivity contribution in [3.05, 3.63) is 42.7 Å². The molecule has 0 spiro atoms. The van der Waals surface area contributed by atoms with Crippen LogP contribution < -0.4 is 15.0 Å². The maximum absolute atomic E-state index is 5.72. The third kappa shape index (κ3) is 4.11. The number of rotatable bonds is 6. The van der Waals surface area contributed by atoms with Gasteiger partial charge in [-0.05, 0) is 12.1 Å². The normalized spacial score (nSPS) is 14.8. The zero-order chi connectivity index (χ0) is 15.0. The Labute approximate surface area is 135 Å². The Hall–Kier alpha value is -1.79. The first-order valence-electron chi connectivity index (χ1n) is 7.51. The summed E-state index contributed by atoms with van der Waals surface area (Å²) in [6.45, 7) is 4.61. The van der Waals surface area contributed by atoms with Gasteiger partial charge in [-0.1, -0.05) is 30.0 Å². The molecular weight excluding hydrogens is 296 g/mol. The molecule has 5 nitrogen and oxygen atoms in total. The van der Waals surface area contributed by atoms with Gasteiger partial charge in [-0.15, -0.1) is 0 Å². The summed E-state index contributed by atoms with van der Waals surface area (Å²) in [5, 5.41) is 4.34. The number of hydrogen-bond donors (Lipinski definition) is 1. The molecule has 1 saturated heterocycles. The van der Waals surface area contributed by atoms with Gasteiger partial charge in [0.25, 0.3) is 0 Å². The van der Waals surface area contributed by atoms with E-state index in [0.29, 0.717) is 6.61 Å². The van der Waals surface area contributed by atoms with Crippen LogP contribution in [-0.4, -0.2) is 48.5 Å². The van der Waals surface area contributed by atoms with Crippen molar-refractivity contribution in [1.29, 1.82) is 0 Å². The number of thioether (sulfide) groups is 1. The largest absolute Gasteiger partial charge is 0.493 e. The van der Waals surface area contributed by atoms with Gasteiger partial charge in [-0.2, -0.15) is 0 Å². The molecule has 0 amide bonds. The smallest absolute Gasteiger partial charge is 0.161 e. The number of piperazine rings is 1. The summed E-state index contributed by atoms with van der Waals surface area (Å²) in [6, 6.07) is 9.89. The molecule has 0 bridgehead atoms. The molecule has 2 heterocycles. The van der Waals surface area contributed by atoms with E-state index < -0.39 is 0 Å². The molecular formula is C16H20N4OS. The van der Waals surface area contributed by atoms with E-state index in [1.54, 1.807) is 24.2 Å². The van der Waals surface area contributed by atoms with Gasteiger partial charge in [0.05, 0.1) is 6.61 Å². The fraction of sp³-hybridized carbons (Fsp3) is 0.375. The lowest BCUT2D eigenvalue weighted by Crippen LogP contribution is -2.44. The summed E-state index contributed by atoms with van der Waals surface area (Å²) in [5.74, 6) is 2.76. The zero-order valence-corrected chi connectivity index (χ0v) is 13.3. The minimum atomic E-state index is 0.659. The molecule has 0 radical (unpaired) electrons. The number of benzene rings is 1. The van der Waals surface area contributed by atoms with Crippen LogP contribution in [-0.2, 0) is 0 Å². The van der Waals surface area contributed by atoms with E-state index in [1.165, 1.54) is 0 Å². The minimum absolute atomic E-state index is 0.659. The monoisotopic (exact) mass is 316 g/mol. The van der Waals surface area contributed by atoms with E-state index in [0.717, 1.165) is 48.5 Å². The summed E-state index contributed by atoms with van der Waals surface area (Å²) in [6.07, 6.45) is 3.52. The summed E-state index contributed by atoms with van der Waals surface area (Å²) in [7, 11) is 0. The van der Waals surface area contributed by atoms with Crippen LogP contribution in [0.2, 0.25) is 0 Å². The second kappa shape index (κ2) is 8.00. The van der Waals surface area contributed by atoms with Crippen LogP contribution in [0.4, 0.5) is 5.82 Å². The van der Waals surface area contributed by atoms with Crippen molar-refractivity contribution in [1.82, 2.24) is 15.3 Å². The Balaban J connectivity index is 1.53. The highest BCUT2D eigenvalue weighted by Gasteiger charge is 2.16. The molecule has 2 aromatic rings. The van der Waals surface area contributed by atoms with Gasteiger partial charge in [0.15, 0.2) is 5.82 Å². The lowest BCUT2D eigenvalue weighted by Gasteiger charge is -2.29. The maximum atomic E-state index is 5.72. The number of hydrogen-bond acceptors (Lipinski definition) is 6. The molecule has 3 rings (SSSR count). The van der Waals surface area contributed by atoms with E-state index in [1.807, 2.05) is 30.3 Å². The highest BCUT2D eigenvalue weighted by atomic mass is 32.2. The molecule has 0 atom stereocenters. The molecule has 22 heavy (non-hydrogen) atoms. The quantitative estimate of drug-likeness (QED) is 0.650. The molecule has 0 unspecified atom stereocenters. The Bertz CT molecular complexity index is 575. The van der Waals surface area contributed by atoms with E-state index in [9.17, 15) is 0 Å². The zero-order valence-electron chi connectivity index (χ0n) is 12.4. The van der Waals surface area contributed by atoms with Gasteiger partial charge in [-0.25, -0.2) is 9.97 Å².